The number of rotatable bonds is 5. The highest BCUT2D eigenvalue weighted by Gasteiger charge is 2.22. The summed E-state index contributed by atoms with van der Waals surface area (Å²) in [4.78, 5) is 3.93. The van der Waals surface area contributed by atoms with Crippen LogP contribution in [0.2, 0.25) is 0 Å². The molecule has 17 heavy (non-hydrogen) atoms. The Morgan fingerprint density at radius 1 is 1.35 bits per heavy atom. The maximum absolute atomic E-state index is 11.9. The molecule has 1 fully saturated rings. The summed E-state index contributed by atoms with van der Waals surface area (Å²) >= 11 is 0. The third kappa shape index (κ3) is 3.48. The lowest BCUT2D eigenvalue weighted by Crippen LogP contribution is -2.44. The molecular weight excluding hydrogens is 242 g/mol. The van der Waals surface area contributed by atoms with Crippen LogP contribution in [0, 0.1) is 0 Å². The molecule has 0 unspecified atom stereocenters. The van der Waals surface area contributed by atoms with Crippen LogP contribution in [0.15, 0.2) is 6.33 Å². The van der Waals surface area contributed by atoms with Crippen LogP contribution in [0.1, 0.15) is 25.1 Å². The predicted octanol–water partition coefficient (Wildman–Crippen LogP) is -0.332. The molecule has 1 aliphatic rings. The topological polar surface area (TPSA) is 91.0 Å². The van der Waals surface area contributed by atoms with Crippen LogP contribution in [-0.2, 0) is 16.6 Å². The van der Waals surface area contributed by atoms with Crippen molar-refractivity contribution < 1.29 is 8.42 Å². The van der Waals surface area contributed by atoms with E-state index in [1.165, 1.54) is 10.6 Å². The summed E-state index contributed by atoms with van der Waals surface area (Å²) in [7, 11) is -3.32. The fourth-order valence-corrected chi connectivity index (χ4v) is 3.13. The molecule has 2 heterocycles. The van der Waals surface area contributed by atoms with Crippen molar-refractivity contribution in [2.45, 2.75) is 25.7 Å². The first-order valence-electron chi connectivity index (χ1n) is 5.77. The number of aromatic nitrogens is 3. The Morgan fingerprint density at radius 3 is 2.76 bits per heavy atom. The van der Waals surface area contributed by atoms with E-state index >= 15 is 0 Å². The fourth-order valence-electron chi connectivity index (χ4n) is 1.85. The van der Waals surface area contributed by atoms with Crippen LogP contribution in [0.3, 0.4) is 0 Å². The Hall–Kier alpha value is -0.990. The van der Waals surface area contributed by atoms with Gasteiger partial charge in [-0.05, 0) is 12.8 Å². The minimum atomic E-state index is -3.32. The lowest BCUT2D eigenvalue weighted by Gasteiger charge is -2.25. The van der Waals surface area contributed by atoms with Gasteiger partial charge in [-0.2, -0.15) is 17.8 Å². The van der Waals surface area contributed by atoms with Crippen molar-refractivity contribution in [2.75, 3.05) is 19.6 Å². The average Bonchev–Trinajstić information content (AvgIpc) is 2.83. The van der Waals surface area contributed by atoms with Crippen LogP contribution in [0.4, 0.5) is 0 Å². The van der Waals surface area contributed by atoms with Crippen LogP contribution < -0.4 is 4.72 Å². The summed E-state index contributed by atoms with van der Waals surface area (Å²) in [6, 6.07) is 0. The molecule has 7 nitrogen and oxygen atoms in total. The predicted molar refractivity (Wildman–Crippen MR) is 62.4 cm³/mol. The van der Waals surface area contributed by atoms with Crippen molar-refractivity contribution in [3.63, 3.8) is 0 Å². The maximum Gasteiger partial charge on any atom is 0.279 e. The normalized spacial score (nSPS) is 18.4. The number of hydrogen-bond donors (Lipinski definition) is 2. The summed E-state index contributed by atoms with van der Waals surface area (Å²) in [5.41, 5.74) is 0. The van der Waals surface area contributed by atoms with E-state index in [9.17, 15) is 8.42 Å². The minimum absolute atomic E-state index is 0.341. The lowest BCUT2D eigenvalue weighted by molar-refractivity contribution is 0.342. The standard InChI is InChI=1S/C9H17N5O2S/c15-17(16,14-6-2-1-3-7-14)12-5-4-9-10-8-11-13-9/h8,12H,1-7H2,(H,10,11,13). The molecule has 96 valence electrons. The molecule has 0 spiro atoms. The van der Waals surface area contributed by atoms with Crippen molar-refractivity contribution >= 4 is 10.2 Å². The second-order valence-corrected chi connectivity index (χ2v) is 5.80. The molecule has 8 heteroatoms. The van der Waals surface area contributed by atoms with Gasteiger partial charge in [0.05, 0.1) is 0 Å². The number of piperidine rings is 1. The van der Waals surface area contributed by atoms with Crippen molar-refractivity contribution in [3.05, 3.63) is 12.2 Å². The summed E-state index contributed by atoms with van der Waals surface area (Å²) in [6.07, 6.45) is 4.94. The monoisotopic (exact) mass is 259 g/mol. The molecular formula is C9H17N5O2S. The molecule has 1 aliphatic heterocycles. The fraction of sp³-hybridized carbons (Fsp3) is 0.778. The van der Waals surface area contributed by atoms with Gasteiger partial charge in [0.2, 0.25) is 0 Å². The van der Waals surface area contributed by atoms with Crippen LogP contribution >= 0.6 is 0 Å². The molecule has 2 rings (SSSR count). The molecule has 0 amide bonds. The summed E-state index contributed by atoms with van der Waals surface area (Å²) < 4.78 is 27.9. The highest BCUT2D eigenvalue weighted by Crippen LogP contribution is 2.11. The summed E-state index contributed by atoms with van der Waals surface area (Å²) in [6.45, 7) is 1.59. The SMILES string of the molecule is O=S(=O)(NCCc1ncn[nH]1)N1CCCCC1. The number of H-pyrrole nitrogens is 1. The van der Waals surface area contributed by atoms with E-state index < -0.39 is 10.2 Å². The van der Waals surface area contributed by atoms with E-state index in [1.54, 1.807) is 0 Å². The Morgan fingerprint density at radius 2 is 2.12 bits per heavy atom. The van der Waals surface area contributed by atoms with Gasteiger partial charge in [-0.3, -0.25) is 5.10 Å². The zero-order valence-electron chi connectivity index (χ0n) is 9.59. The third-order valence-corrected chi connectivity index (χ3v) is 4.38. The van der Waals surface area contributed by atoms with Crippen molar-refractivity contribution in [1.29, 1.82) is 0 Å². The van der Waals surface area contributed by atoms with E-state index in [0.717, 1.165) is 19.3 Å². The molecule has 2 N–H and O–H groups in total. The van der Waals surface area contributed by atoms with Crippen molar-refractivity contribution in [2.24, 2.45) is 0 Å². The van der Waals surface area contributed by atoms with Gasteiger partial charge in [0.1, 0.15) is 12.2 Å². The van der Waals surface area contributed by atoms with Gasteiger partial charge in [0.15, 0.2) is 0 Å². The van der Waals surface area contributed by atoms with Crippen molar-refractivity contribution in [1.82, 2.24) is 24.2 Å². The summed E-state index contributed by atoms with van der Waals surface area (Å²) in [5.74, 6) is 0.686. The number of hydrogen-bond acceptors (Lipinski definition) is 4. The molecule has 0 atom stereocenters. The average molecular weight is 259 g/mol. The van der Waals surface area contributed by atoms with E-state index in [1.807, 2.05) is 0 Å². The molecule has 0 radical (unpaired) electrons. The molecule has 1 aromatic heterocycles. The van der Waals surface area contributed by atoms with Gasteiger partial charge in [-0.25, -0.2) is 9.71 Å². The quantitative estimate of drug-likeness (QED) is 0.757. The van der Waals surface area contributed by atoms with E-state index in [2.05, 4.69) is 19.9 Å². The first kappa shape index (κ1) is 12.5. The van der Waals surface area contributed by atoms with Crippen LogP contribution in [0.5, 0.6) is 0 Å². The second kappa shape index (κ2) is 5.56. The van der Waals surface area contributed by atoms with Gasteiger partial charge in [-0.15, -0.1) is 0 Å². The molecule has 0 saturated carbocycles. The number of aromatic amines is 1. The van der Waals surface area contributed by atoms with E-state index in [0.29, 0.717) is 31.9 Å². The molecule has 0 aliphatic carbocycles. The Bertz CT molecular complexity index is 424. The number of nitrogens with one attached hydrogen (secondary N) is 2. The van der Waals surface area contributed by atoms with Crippen molar-refractivity contribution in [3.8, 4) is 0 Å². The minimum Gasteiger partial charge on any atom is -0.263 e. The van der Waals surface area contributed by atoms with Crippen LogP contribution in [-0.4, -0.2) is 47.5 Å². The highest BCUT2D eigenvalue weighted by atomic mass is 32.2. The first-order valence-corrected chi connectivity index (χ1v) is 7.21. The van der Waals surface area contributed by atoms with E-state index in [-0.39, 0.29) is 0 Å². The molecule has 0 bridgehead atoms. The zero-order chi connectivity index (χ0) is 12.1. The molecule has 1 saturated heterocycles. The lowest BCUT2D eigenvalue weighted by atomic mass is 10.2. The number of nitrogens with zero attached hydrogens (tertiary/aromatic N) is 3. The maximum atomic E-state index is 11.9. The Labute approximate surface area is 101 Å². The Kier molecular flexibility index (Phi) is 4.08. The highest BCUT2D eigenvalue weighted by molar-refractivity contribution is 7.87. The second-order valence-electron chi connectivity index (χ2n) is 4.04. The van der Waals surface area contributed by atoms with Gasteiger partial charge >= 0.3 is 0 Å². The smallest absolute Gasteiger partial charge is 0.263 e. The van der Waals surface area contributed by atoms with Gasteiger partial charge in [0, 0.05) is 26.1 Å². The molecule has 0 aromatic carbocycles. The van der Waals surface area contributed by atoms with Gasteiger partial charge in [-0.1, -0.05) is 6.42 Å². The van der Waals surface area contributed by atoms with Crippen LogP contribution in [0.25, 0.3) is 0 Å². The molecule has 1 aromatic rings. The van der Waals surface area contributed by atoms with Gasteiger partial charge in [0.25, 0.3) is 10.2 Å². The van der Waals surface area contributed by atoms with E-state index in [4.69, 9.17) is 0 Å². The third-order valence-electron chi connectivity index (χ3n) is 2.77. The van der Waals surface area contributed by atoms with Gasteiger partial charge < -0.3 is 0 Å². The Balaban J connectivity index is 1.80. The summed E-state index contributed by atoms with van der Waals surface area (Å²) in [5, 5.41) is 6.40. The largest absolute Gasteiger partial charge is 0.279 e. The first-order chi connectivity index (χ1) is 8.18. The zero-order valence-corrected chi connectivity index (χ0v) is 10.4.